The van der Waals surface area contributed by atoms with E-state index in [2.05, 4.69) is 24.3 Å². The molecule has 0 fully saturated rings. The van der Waals surface area contributed by atoms with E-state index < -0.39 is 0 Å². The normalized spacial score (nSPS) is 10.7. The Bertz CT molecular complexity index is 862. The van der Waals surface area contributed by atoms with E-state index in [0.29, 0.717) is 10.6 Å². The molecule has 1 aromatic heterocycles. The molecular formula is C20H20ClN3O. The Morgan fingerprint density at radius 3 is 2.32 bits per heavy atom. The molecule has 1 amide bonds. The maximum atomic E-state index is 12.7. The van der Waals surface area contributed by atoms with E-state index in [1.54, 1.807) is 29.2 Å². The first-order valence-electron chi connectivity index (χ1n) is 8.35. The number of aryl methyl sites for hydroxylation is 2. The molecule has 0 spiro atoms. The van der Waals surface area contributed by atoms with Gasteiger partial charge in [0.2, 0.25) is 0 Å². The van der Waals surface area contributed by atoms with Crippen LogP contribution in [0.15, 0.2) is 54.9 Å². The van der Waals surface area contributed by atoms with E-state index in [1.807, 2.05) is 30.3 Å². The van der Waals surface area contributed by atoms with Gasteiger partial charge in [0.1, 0.15) is 0 Å². The molecule has 0 aliphatic carbocycles. The van der Waals surface area contributed by atoms with E-state index in [4.69, 9.17) is 11.6 Å². The van der Waals surface area contributed by atoms with Crippen molar-refractivity contribution in [2.45, 2.75) is 26.7 Å². The summed E-state index contributed by atoms with van der Waals surface area (Å²) in [6.07, 6.45) is 5.03. The largest absolute Gasteiger partial charge is 0.321 e. The summed E-state index contributed by atoms with van der Waals surface area (Å²) in [5, 5.41) is 8.00. The molecule has 3 rings (SSSR count). The van der Waals surface area contributed by atoms with Gasteiger partial charge >= 0.3 is 0 Å². The highest BCUT2D eigenvalue weighted by atomic mass is 35.5. The van der Waals surface area contributed by atoms with Crippen molar-refractivity contribution >= 4 is 23.2 Å². The number of para-hydroxylation sites is 1. The van der Waals surface area contributed by atoms with Gasteiger partial charge in [-0.3, -0.25) is 4.79 Å². The summed E-state index contributed by atoms with van der Waals surface area (Å²) < 4.78 is 1.66. The predicted molar refractivity (Wildman–Crippen MR) is 102 cm³/mol. The fraction of sp³-hybridized carbons (Fsp3) is 0.200. The van der Waals surface area contributed by atoms with Crippen LogP contribution in [0, 0.1) is 0 Å². The molecule has 5 heteroatoms. The van der Waals surface area contributed by atoms with Gasteiger partial charge in [0.25, 0.3) is 5.91 Å². The van der Waals surface area contributed by atoms with Gasteiger partial charge in [0.15, 0.2) is 0 Å². The average molecular weight is 354 g/mol. The fourth-order valence-electron chi connectivity index (χ4n) is 2.76. The molecule has 4 nitrogen and oxygen atoms in total. The molecule has 0 radical (unpaired) electrons. The van der Waals surface area contributed by atoms with Crippen molar-refractivity contribution in [2.75, 3.05) is 5.32 Å². The minimum absolute atomic E-state index is 0.157. The molecule has 2 aromatic carbocycles. The molecule has 0 aliphatic rings. The number of halogens is 1. The SMILES string of the molecule is CCc1cccc(CC)c1NC(=O)c1cnn(-c2ccc(Cl)cc2)c1. The Balaban J connectivity index is 1.84. The summed E-state index contributed by atoms with van der Waals surface area (Å²) in [4.78, 5) is 12.7. The van der Waals surface area contributed by atoms with Crippen molar-refractivity contribution in [1.82, 2.24) is 9.78 Å². The molecule has 0 aliphatic heterocycles. The second-order valence-electron chi connectivity index (χ2n) is 5.76. The number of hydrogen-bond acceptors (Lipinski definition) is 2. The van der Waals surface area contributed by atoms with Crippen LogP contribution in [0.2, 0.25) is 5.02 Å². The second kappa shape index (κ2) is 7.53. The Morgan fingerprint density at radius 2 is 1.72 bits per heavy atom. The maximum absolute atomic E-state index is 12.7. The van der Waals surface area contributed by atoms with Crippen LogP contribution in [0.1, 0.15) is 35.3 Å². The predicted octanol–water partition coefficient (Wildman–Crippen LogP) is 4.90. The summed E-state index contributed by atoms with van der Waals surface area (Å²) in [7, 11) is 0. The van der Waals surface area contributed by atoms with Crippen LogP contribution in [-0.2, 0) is 12.8 Å². The van der Waals surface area contributed by atoms with Crippen molar-refractivity contribution in [3.8, 4) is 5.69 Å². The summed E-state index contributed by atoms with van der Waals surface area (Å²) in [6.45, 7) is 4.17. The Labute approximate surface area is 152 Å². The van der Waals surface area contributed by atoms with Gasteiger partial charge in [0.05, 0.1) is 17.4 Å². The van der Waals surface area contributed by atoms with Gasteiger partial charge in [-0.25, -0.2) is 4.68 Å². The number of aromatic nitrogens is 2. The molecule has 0 saturated carbocycles. The van der Waals surface area contributed by atoms with Gasteiger partial charge in [-0.05, 0) is 48.2 Å². The number of nitrogens with zero attached hydrogens (tertiary/aromatic N) is 2. The molecular weight excluding hydrogens is 334 g/mol. The maximum Gasteiger partial charge on any atom is 0.258 e. The number of amides is 1. The van der Waals surface area contributed by atoms with Crippen LogP contribution >= 0.6 is 11.6 Å². The summed E-state index contributed by atoms with van der Waals surface area (Å²) in [5.41, 5.74) is 4.56. The van der Waals surface area contributed by atoms with Crippen LogP contribution in [-0.4, -0.2) is 15.7 Å². The monoisotopic (exact) mass is 353 g/mol. The highest BCUT2D eigenvalue weighted by molar-refractivity contribution is 6.30. The number of carbonyl (C=O) groups excluding carboxylic acids is 1. The van der Waals surface area contributed by atoms with E-state index >= 15 is 0 Å². The van der Waals surface area contributed by atoms with E-state index in [9.17, 15) is 4.79 Å². The number of nitrogens with one attached hydrogen (secondary N) is 1. The fourth-order valence-corrected chi connectivity index (χ4v) is 2.89. The van der Waals surface area contributed by atoms with Crippen LogP contribution in [0.3, 0.4) is 0 Å². The zero-order valence-corrected chi connectivity index (χ0v) is 15.0. The van der Waals surface area contributed by atoms with E-state index in [0.717, 1.165) is 35.3 Å². The number of carbonyl (C=O) groups is 1. The van der Waals surface area contributed by atoms with Gasteiger partial charge < -0.3 is 5.32 Å². The Morgan fingerprint density at radius 1 is 1.08 bits per heavy atom. The standard InChI is InChI=1S/C20H20ClN3O/c1-3-14-6-5-7-15(4-2)19(14)23-20(25)16-12-22-24(13-16)18-10-8-17(21)9-11-18/h5-13H,3-4H2,1-2H3,(H,23,25). The van der Waals surface area contributed by atoms with Crippen molar-refractivity contribution in [3.05, 3.63) is 76.6 Å². The van der Waals surface area contributed by atoms with Gasteiger partial charge in [-0.15, -0.1) is 0 Å². The van der Waals surface area contributed by atoms with Gasteiger partial charge in [-0.1, -0.05) is 43.6 Å². The summed E-state index contributed by atoms with van der Waals surface area (Å²) in [5.74, 6) is -0.157. The second-order valence-corrected chi connectivity index (χ2v) is 6.20. The minimum atomic E-state index is -0.157. The zero-order chi connectivity index (χ0) is 17.8. The van der Waals surface area contributed by atoms with Crippen LogP contribution in [0.25, 0.3) is 5.69 Å². The topological polar surface area (TPSA) is 46.9 Å². The smallest absolute Gasteiger partial charge is 0.258 e. The summed E-state index contributed by atoms with van der Waals surface area (Å²) >= 11 is 5.91. The van der Waals surface area contributed by atoms with E-state index in [1.165, 1.54) is 0 Å². The van der Waals surface area contributed by atoms with Crippen molar-refractivity contribution in [3.63, 3.8) is 0 Å². The van der Waals surface area contributed by atoms with E-state index in [-0.39, 0.29) is 5.91 Å². The highest BCUT2D eigenvalue weighted by Gasteiger charge is 2.14. The lowest BCUT2D eigenvalue weighted by Crippen LogP contribution is -2.14. The zero-order valence-electron chi connectivity index (χ0n) is 14.3. The molecule has 0 bridgehead atoms. The molecule has 1 heterocycles. The molecule has 25 heavy (non-hydrogen) atoms. The Hall–Kier alpha value is -2.59. The Kier molecular flexibility index (Phi) is 5.19. The first-order chi connectivity index (χ1) is 12.1. The highest BCUT2D eigenvalue weighted by Crippen LogP contribution is 2.23. The van der Waals surface area contributed by atoms with Gasteiger partial charge in [0, 0.05) is 16.9 Å². The molecule has 0 saturated heterocycles. The number of anilines is 1. The third-order valence-electron chi connectivity index (χ3n) is 4.17. The van der Waals surface area contributed by atoms with Crippen molar-refractivity contribution < 1.29 is 4.79 Å². The summed E-state index contributed by atoms with van der Waals surface area (Å²) in [6, 6.07) is 13.4. The molecule has 128 valence electrons. The third-order valence-corrected chi connectivity index (χ3v) is 4.43. The minimum Gasteiger partial charge on any atom is -0.321 e. The molecule has 0 unspecified atom stereocenters. The lowest BCUT2D eigenvalue weighted by Gasteiger charge is -2.13. The lowest BCUT2D eigenvalue weighted by atomic mass is 10.0. The third kappa shape index (κ3) is 3.74. The van der Waals surface area contributed by atoms with Crippen LogP contribution in [0.5, 0.6) is 0 Å². The van der Waals surface area contributed by atoms with Crippen LogP contribution < -0.4 is 5.32 Å². The van der Waals surface area contributed by atoms with Crippen molar-refractivity contribution in [2.24, 2.45) is 0 Å². The quantitative estimate of drug-likeness (QED) is 0.708. The average Bonchev–Trinajstić information content (AvgIpc) is 3.12. The number of rotatable bonds is 5. The van der Waals surface area contributed by atoms with Gasteiger partial charge in [-0.2, -0.15) is 5.10 Å². The van der Waals surface area contributed by atoms with Crippen LogP contribution in [0.4, 0.5) is 5.69 Å². The number of benzene rings is 2. The first-order valence-corrected chi connectivity index (χ1v) is 8.73. The first kappa shape index (κ1) is 17.2. The molecule has 1 N–H and O–H groups in total. The number of hydrogen-bond donors (Lipinski definition) is 1. The lowest BCUT2D eigenvalue weighted by molar-refractivity contribution is 0.102. The molecule has 0 atom stereocenters. The molecule has 3 aromatic rings. The van der Waals surface area contributed by atoms with Crippen molar-refractivity contribution in [1.29, 1.82) is 0 Å².